The number of sulfonamides is 1. The number of nitrogens with one attached hydrogen (secondary N) is 1. The molecule has 0 bridgehead atoms. The highest BCUT2D eigenvalue weighted by molar-refractivity contribution is 7.92. The Labute approximate surface area is 156 Å². The summed E-state index contributed by atoms with van der Waals surface area (Å²) in [5, 5.41) is 2.88. The van der Waals surface area contributed by atoms with Crippen molar-refractivity contribution in [3.8, 4) is 0 Å². The summed E-state index contributed by atoms with van der Waals surface area (Å²) in [6.07, 6.45) is 1.89. The number of rotatable bonds is 7. The molecule has 0 atom stereocenters. The minimum atomic E-state index is -3.42. The predicted molar refractivity (Wildman–Crippen MR) is 107 cm³/mol. The van der Waals surface area contributed by atoms with Crippen molar-refractivity contribution in [1.82, 2.24) is 0 Å². The van der Waals surface area contributed by atoms with Gasteiger partial charge in [0.2, 0.25) is 15.9 Å². The third-order valence-electron chi connectivity index (χ3n) is 4.43. The van der Waals surface area contributed by atoms with E-state index in [9.17, 15) is 13.2 Å². The molecular formula is C20H26N2O3S. The maximum absolute atomic E-state index is 12.2. The van der Waals surface area contributed by atoms with Crippen LogP contribution in [0.1, 0.15) is 29.5 Å². The van der Waals surface area contributed by atoms with Crippen LogP contribution in [-0.2, 0) is 14.8 Å². The van der Waals surface area contributed by atoms with Crippen LogP contribution in [0.2, 0.25) is 0 Å². The fraction of sp³-hybridized carbons (Fsp3) is 0.350. The molecule has 0 aliphatic heterocycles. The number of benzene rings is 2. The molecule has 0 unspecified atom stereocenters. The van der Waals surface area contributed by atoms with Crippen molar-refractivity contribution in [1.29, 1.82) is 0 Å². The monoisotopic (exact) mass is 374 g/mol. The number of amides is 1. The van der Waals surface area contributed by atoms with E-state index in [2.05, 4.69) is 5.32 Å². The van der Waals surface area contributed by atoms with Gasteiger partial charge in [0.25, 0.3) is 0 Å². The fourth-order valence-electron chi connectivity index (χ4n) is 2.78. The smallest absolute Gasteiger partial charge is 0.232 e. The van der Waals surface area contributed by atoms with Crippen molar-refractivity contribution in [2.75, 3.05) is 22.4 Å². The zero-order valence-electron chi connectivity index (χ0n) is 15.7. The van der Waals surface area contributed by atoms with E-state index in [0.717, 1.165) is 22.4 Å². The summed E-state index contributed by atoms with van der Waals surface area (Å²) in [6, 6.07) is 13.2. The molecule has 2 rings (SSSR count). The van der Waals surface area contributed by atoms with Crippen molar-refractivity contribution in [2.45, 2.75) is 33.6 Å². The van der Waals surface area contributed by atoms with E-state index < -0.39 is 10.0 Å². The minimum Gasteiger partial charge on any atom is -0.326 e. The topological polar surface area (TPSA) is 66.5 Å². The normalized spacial score (nSPS) is 11.2. The van der Waals surface area contributed by atoms with E-state index in [0.29, 0.717) is 12.1 Å². The number of carbonyl (C=O) groups excluding carboxylic acids is 1. The number of anilines is 2. The molecule has 1 amide bonds. The van der Waals surface area contributed by atoms with Gasteiger partial charge in [0.05, 0.1) is 11.9 Å². The van der Waals surface area contributed by atoms with Crippen LogP contribution in [0.5, 0.6) is 0 Å². The second kappa shape index (κ2) is 8.36. The first-order valence-corrected chi connectivity index (χ1v) is 10.4. The highest BCUT2D eigenvalue weighted by Gasteiger charge is 2.19. The molecule has 1 N–H and O–H groups in total. The summed E-state index contributed by atoms with van der Waals surface area (Å²) < 4.78 is 25.8. The van der Waals surface area contributed by atoms with Crippen LogP contribution in [0.3, 0.4) is 0 Å². The van der Waals surface area contributed by atoms with Gasteiger partial charge in [-0.15, -0.1) is 0 Å². The number of nitrogens with zero attached hydrogens (tertiary/aromatic N) is 1. The van der Waals surface area contributed by atoms with Crippen molar-refractivity contribution in [3.63, 3.8) is 0 Å². The molecule has 0 aliphatic rings. The van der Waals surface area contributed by atoms with Crippen LogP contribution in [-0.4, -0.2) is 27.1 Å². The molecule has 2 aromatic carbocycles. The van der Waals surface area contributed by atoms with Crippen LogP contribution in [0.25, 0.3) is 0 Å². The maximum Gasteiger partial charge on any atom is 0.232 e. The van der Waals surface area contributed by atoms with E-state index in [1.54, 1.807) is 6.07 Å². The van der Waals surface area contributed by atoms with Gasteiger partial charge < -0.3 is 5.32 Å². The molecule has 6 heteroatoms. The summed E-state index contributed by atoms with van der Waals surface area (Å²) in [5.41, 5.74) is 4.42. The largest absolute Gasteiger partial charge is 0.326 e. The Morgan fingerprint density at radius 3 is 2.31 bits per heavy atom. The van der Waals surface area contributed by atoms with Crippen LogP contribution in [0.15, 0.2) is 42.5 Å². The van der Waals surface area contributed by atoms with Gasteiger partial charge in [-0.3, -0.25) is 9.10 Å². The lowest BCUT2D eigenvalue weighted by Gasteiger charge is -2.25. The molecule has 0 spiro atoms. The second-order valence-corrected chi connectivity index (χ2v) is 8.43. The summed E-state index contributed by atoms with van der Waals surface area (Å²) in [5.74, 6) is -0.117. The highest BCUT2D eigenvalue weighted by Crippen LogP contribution is 2.25. The number of hydrogen-bond acceptors (Lipinski definition) is 3. The van der Waals surface area contributed by atoms with Gasteiger partial charge in [-0.1, -0.05) is 30.3 Å². The number of carbonyl (C=O) groups is 1. The van der Waals surface area contributed by atoms with E-state index in [1.807, 2.05) is 57.2 Å². The lowest BCUT2D eigenvalue weighted by Crippen LogP contribution is -2.32. The van der Waals surface area contributed by atoms with Gasteiger partial charge >= 0.3 is 0 Å². The Morgan fingerprint density at radius 1 is 1.00 bits per heavy atom. The highest BCUT2D eigenvalue weighted by atomic mass is 32.2. The first kappa shape index (κ1) is 20.0. The quantitative estimate of drug-likeness (QED) is 0.802. The van der Waals surface area contributed by atoms with Crippen LogP contribution in [0.4, 0.5) is 11.4 Å². The van der Waals surface area contributed by atoms with E-state index in [4.69, 9.17) is 0 Å². The molecule has 0 saturated carbocycles. The Hall–Kier alpha value is -2.34. The molecule has 0 fully saturated rings. The third kappa shape index (κ3) is 5.08. The third-order valence-corrected chi connectivity index (χ3v) is 5.61. The SMILES string of the molecule is Cc1ccccc1NC(=O)CCCN(c1cccc(C)c1C)S(C)(=O)=O. The van der Waals surface area contributed by atoms with Crippen molar-refractivity contribution in [2.24, 2.45) is 0 Å². The summed E-state index contributed by atoms with van der Waals surface area (Å²) >= 11 is 0. The van der Waals surface area contributed by atoms with Crippen LogP contribution < -0.4 is 9.62 Å². The average Bonchev–Trinajstić information content (AvgIpc) is 2.56. The van der Waals surface area contributed by atoms with Gasteiger partial charge in [0.15, 0.2) is 0 Å². The molecule has 5 nitrogen and oxygen atoms in total. The lowest BCUT2D eigenvalue weighted by molar-refractivity contribution is -0.116. The first-order chi connectivity index (χ1) is 12.2. The van der Waals surface area contributed by atoms with Gasteiger partial charge in [0, 0.05) is 18.7 Å². The van der Waals surface area contributed by atoms with Crippen molar-refractivity contribution in [3.05, 3.63) is 59.2 Å². The molecule has 0 aliphatic carbocycles. The molecule has 140 valence electrons. The lowest BCUT2D eigenvalue weighted by atomic mass is 10.1. The van der Waals surface area contributed by atoms with Crippen LogP contribution in [0, 0.1) is 20.8 Å². The molecule has 26 heavy (non-hydrogen) atoms. The standard InChI is InChI=1S/C20H26N2O3S/c1-15-10-7-12-19(17(15)3)22(26(4,24)25)14-8-13-20(23)21-18-11-6-5-9-16(18)2/h5-7,9-12H,8,13-14H2,1-4H3,(H,21,23). The van der Waals surface area contributed by atoms with Crippen molar-refractivity contribution < 1.29 is 13.2 Å². The molecule has 0 radical (unpaired) electrons. The number of para-hydroxylation sites is 1. The van der Waals surface area contributed by atoms with Crippen LogP contribution >= 0.6 is 0 Å². The molecule has 0 aromatic heterocycles. The van der Waals surface area contributed by atoms with E-state index >= 15 is 0 Å². The van der Waals surface area contributed by atoms with E-state index in [1.165, 1.54) is 10.6 Å². The molecule has 2 aromatic rings. The zero-order chi connectivity index (χ0) is 19.3. The number of aryl methyl sites for hydroxylation is 2. The van der Waals surface area contributed by atoms with E-state index in [-0.39, 0.29) is 18.9 Å². The fourth-order valence-corrected chi connectivity index (χ4v) is 3.80. The minimum absolute atomic E-state index is 0.117. The Kier molecular flexibility index (Phi) is 6.42. The van der Waals surface area contributed by atoms with Gasteiger partial charge in [-0.25, -0.2) is 8.42 Å². The Morgan fingerprint density at radius 2 is 1.65 bits per heavy atom. The van der Waals surface area contributed by atoms with Gasteiger partial charge in [-0.05, 0) is 56.0 Å². The predicted octanol–water partition coefficient (Wildman–Crippen LogP) is 3.80. The maximum atomic E-state index is 12.2. The van der Waals surface area contributed by atoms with Gasteiger partial charge in [-0.2, -0.15) is 0 Å². The summed E-state index contributed by atoms with van der Waals surface area (Å²) in [4.78, 5) is 12.2. The molecule has 0 heterocycles. The molecular weight excluding hydrogens is 348 g/mol. The second-order valence-electron chi connectivity index (χ2n) is 6.52. The average molecular weight is 375 g/mol. The molecule has 0 saturated heterocycles. The summed E-state index contributed by atoms with van der Waals surface area (Å²) in [6.45, 7) is 6.06. The van der Waals surface area contributed by atoms with Gasteiger partial charge in [0.1, 0.15) is 0 Å². The Bertz CT molecular complexity index is 892. The first-order valence-electron chi connectivity index (χ1n) is 8.59. The number of hydrogen-bond donors (Lipinski definition) is 1. The summed E-state index contributed by atoms with van der Waals surface area (Å²) in [7, 11) is -3.42. The zero-order valence-corrected chi connectivity index (χ0v) is 16.6. The van der Waals surface area contributed by atoms with Crippen molar-refractivity contribution >= 4 is 27.3 Å². The Balaban J connectivity index is 2.03.